The largest absolute Gasteiger partial charge is 0.272 e. The molecule has 2 aromatic heterocycles. The highest BCUT2D eigenvalue weighted by Crippen LogP contribution is 2.22. The average molecular weight is 360 g/mol. The number of aromatic nitrogens is 4. The van der Waals surface area contributed by atoms with Crippen LogP contribution >= 0.6 is 33.9 Å². The van der Waals surface area contributed by atoms with Gasteiger partial charge in [0, 0.05) is 36.2 Å². The Morgan fingerprint density at radius 1 is 1.15 bits per heavy atom. The van der Waals surface area contributed by atoms with E-state index in [4.69, 9.17) is 33.9 Å². The summed E-state index contributed by atoms with van der Waals surface area (Å²) in [5.41, 5.74) is 0. The molecule has 0 saturated carbocycles. The molecule has 2 heterocycles. The highest BCUT2D eigenvalue weighted by molar-refractivity contribution is 8.13. The van der Waals surface area contributed by atoms with Gasteiger partial charge in [-0.2, -0.15) is 10.2 Å². The number of aryl methyl sites for hydroxylation is 2. The molecule has 0 radical (unpaired) electrons. The number of hydrogen-bond donors (Lipinski definition) is 0. The molecule has 112 valence electrons. The molecule has 0 spiro atoms. The molecule has 0 aliphatic carbocycles. The van der Waals surface area contributed by atoms with E-state index in [-0.39, 0.29) is 10.0 Å². The zero-order valence-corrected chi connectivity index (χ0v) is 13.9. The Bertz CT molecular complexity index is 666. The second-order valence-electron chi connectivity index (χ2n) is 3.57. The van der Waals surface area contributed by atoms with Crippen molar-refractivity contribution in [2.24, 2.45) is 0 Å². The monoisotopic (exact) mass is 358 g/mol. The van der Waals surface area contributed by atoms with E-state index in [1.807, 2.05) is 20.0 Å². The predicted octanol–water partition coefficient (Wildman–Crippen LogP) is 3.04. The van der Waals surface area contributed by atoms with E-state index in [2.05, 4.69) is 10.2 Å². The van der Waals surface area contributed by atoms with Crippen LogP contribution in [0.3, 0.4) is 0 Å². The molecule has 0 aliphatic rings. The number of hydrogen-bond acceptors (Lipinski definition) is 4. The smallest absolute Gasteiger partial charge is 0.265 e. The van der Waals surface area contributed by atoms with Crippen molar-refractivity contribution >= 4 is 42.9 Å². The summed E-state index contributed by atoms with van der Waals surface area (Å²) >= 11 is 11.0. The number of rotatable bonds is 3. The number of halogens is 3. The van der Waals surface area contributed by atoms with Crippen LogP contribution in [0.2, 0.25) is 10.3 Å². The maximum Gasteiger partial charge on any atom is 0.265 e. The first kappa shape index (κ1) is 17.3. The van der Waals surface area contributed by atoms with Gasteiger partial charge in [0.25, 0.3) is 9.05 Å². The minimum Gasteiger partial charge on any atom is -0.272 e. The molecule has 0 aliphatic heterocycles. The van der Waals surface area contributed by atoms with Crippen molar-refractivity contribution in [3.63, 3.8) is 0 Å². The Hall–Kier alpha value is -0.760. The van der Waals surface area contributed by atoms with E-state index in [0.717, 1.165) is 6.54 Å². The van der Waals surface area contributed by atoms with Gasteiger partial charge in [-0.05, 0) is 19.9 Å². The van der Waals surface area contributed by atoms with E-state index in [0.29, 0.717) is 11.7 Å². The van der Waals surface area contributed by atoms with Gasteiger partial charge in [-0.25, -0.2) is 8.42 Å². The highest BCUT2D eigenvalue weighted by atomic mass is 35.7. The predicted molar refractivity (Wildman–Crippen MR) is 78.9 cm³/mol. The zero-order chi connectivity index (χ0) is 15.3. The van der Waals surface area contributed by atoms with E-state index < -0.39 is 9.05 Å². The summed E-state index contributed by atoms with van der Waals surface area (Å²) in [5, 5.41) is 8.10. The van der Waals surface area contributed by atoms with Crippen molar-refractivity contribution in [3.8, 4) is 0 Å². The molecule has 20 heavy (non-hydrogen) atoms. The second-order valence-corrected chi connectivity index (χ2v) is 6.85. The van der Waals surface area contributed by atoms with Crippen molar-refractivity contribution in [1.29, 1.82) is 0 Å². The Morgan fingerprint density at radius 3 is 2.00 bits per heavy atom. The van der Waals surface area contributed by atoms with Crippen molar-refractivity contribution in [2.45, 2.75) is 31.8 Å². The van der Waals surface area contributed by atoms with Crippen LogP contribution in [0.5, 0.6) is 0 Å². The quantitative estimate of drug-likeness (QED) is 0.790. The second kappa shape index (κ2) is 7.31. The van der Waals surface area contributed by atoms with Gasteiger partial charge in [0.1, 0.15) is 4.90 Å². The van der Waals surface area contributed by atoms with Gasteiger partial charge in [-0.3, -0.25) is 9.36 Å². The van der Waals surface area contributed by atoms with Crippen LogP contribution in [0.25, 0.3) is 0 Å². The first-order valence-corrected chi connectivity index (χ1v) is 8.71. The lowest BCUT2D eigenvalue weighted by molar-refractivity contribution is 0.609. The normalized spacial score (nSPS) is 11.1. The van der Waals surface area contributed by atoms with Crippen molar-refractivity contribution in [3.05, 3.63) is 28.8 Å². The average Bonchev–Trinajstić information content (AvgIpc) is 2.95. The fourth-order valence-electron chi connectivity index (χ4n) is 1.22. The topological polar surface area (TPSA) is 69.8 Å². The summed E-state index contributed by atoms with van der Waals surface area (Å²) in [6, 6.07) is 1.77. The fourth-order valence-corrected chi connectivity index (χ4v) is 2.77. The van der Waals surface area contributed by atoms with E-state index in [1.54, 1.807) is 10.7 Å². The molecule has 0 amide bonds. The number of nitrogens with zero attached hydrogens (tertiary/aromatic N) is 4. The fraction of sp³-hybridized carbons (Fsp3) is 0.400. The van der Waals surface area contributed by atoms with Gasteiger partial charge < -0.3 is 0 Å². The first-order chi connectivity index (χ1) is 9.27. The Kier molecular flexibility index (Phi) is 6.32. The van der Waals surface area contributed by atoms with Crippen LogP contribution in [0, 0.1) is 0 Å². The molecule has 10 heteroatoms. The molecule has 0 bridgehead atoms. The molecule has 2 rings (SSSR count). The summed E-state index contributed by atoms with van der Waals surface area (Å²) in [4.78, 5) is -0.146. The maximum atomic E-state index is 10.8. The van der Waals surface area contributed by atoms with Gasteiger partial charge in [0.15, 0.2) is 10.3 Å². The summed E-state index contributed by atoms with van der Waals surface area (Å²) in [6.07, 6.45) is 3.15. The minimum atomic E-state index is -3.77. The summed E-state index contributed by atoms with van der Waals surface area (Å²) in [7, 11) is 1.30. The Labute approximate surface area is 131 Å². The van der Waals surface area contributed by atoms with Crippen LogP contribution in [-0.4, -0.2) is 28.0 Å². The lowest BCUT2D eigenvalue weighted by Gasteiger charge is -1.89. The molecule has 0 fully saturated rings. The molecule has 6 nitrogen and oxygen atoms in total. The van der Waals surface area contributed by atoms with Crippen LogP contribution in [-0.2, 0) is 22.1 Å². The van der Waals surface area contributed by atoms with Gasteiger partial charge in [-0.15, -0.1) is 0 Å². The van der Waals surface area contributed by atoms with Crippen molar-refractivity contribution in [2.75, 3.05) is 0 Å². The van der Waals surface area contributed by atoms with Crippen molar-refractivity contribution < 1.29 is 8.42 Å². The zero-order valence-electron chi connectivity index (χ0n) is 10.8. The molecule has 0 atom stereocenters. The molecular weight excluding hydrogens is 347 g/mol. The third-order valence-corrected chi connectivity index (χ3v) is 4.12. The van der Waals surface area contributed by atoms with Crippen molar-refractivity contribution in [1.82, 2.24) is 19.6 Å². The lowest BCUT2D eigenvalue weighted by Crippen LogP contribution is -1.93. The van der Waals surface area contributed by atoms with E-state index in [1.165, 1.54) is 10.9 Å². The maximum absolute atomic E-state index is 10.8. The standard InChI is InChI=1S/C5H6Cl2N2O2S.C5H7ClN2/c1-2-9-3-4(5(6)8-9)12(7,10)11;1-2-8-4-3-5(6)7-8/h3H,2H2,1H3;3-4H,2H2,1H3. The van der Waals surface area contributed by atoms with Gasteiger partial charge in [0.2, 0.25) is 0 Å². The summed E-state index contributed by atoms with van der Waals surface area (Å²) in [5.74, 6) is 0. The molecular formula is C10H13Cl3N4O2S. The summed E-state index contributed by atoms with van der Waals surface area (Å²) < 4.78 is 24.8. The Morgan fingerprint density at radius 2 is 1.75 bits per heavy atom. The van der Waals surface area contributed by atoms with Gasteiger partial charge >= 0.3 is 0 Å². The van der Waals surface area contributed by atoms with Crippen LogP contribution in [0.1, 0.15) is 13.8 Å². The molecule has 2 aromatic rings. The minimum absolute atomic E-state index is 0.0909. The Balaban J connectivity index is 0.000000217. The van der Waals surface area contributed by atoms with E-state index in [9.17, 15) is 8.42 Å². The molecule has 0 N–H and O–H groups in total. The molecule has 0 unspecified atom stereocenters. The first-order valence-electron chi connectivity index (χ1n) is 5.64. The highest BCUT2D eigenvalue weighted by Gasteiger charge is 2.18. The van der Waals surface area contributed by atoms with Crippen LogP contribution in [0.4, 0.5) is 0 Å². The lowest BCUT2D eigenvalue weighted by atomic mass is 10.7. The van der Waals surface area contributed by atoms with E-state index >= 15 is 0 Å². The van der Waals surface area contributed by atoms with Crippen LogP contribution < -0.4 is 0 Å². The summed E-state index contributed by atoms with van der Waals surface area (Å²) in [6.45, 7) is 5.26. The third kappa shape index (κ3) is 4.97. The molecule has 0 saturated heterocycles. The third-order valence-electron chi connectivity index (χ3n) is 2.20. The SMILES string of the molecule is CCn1cc(S(=O)(=O)Cl)c(Cl)n1.CCn1ccc(Cl)n1. The van der Waals surface area contributed by atoms with Gasteiger partial charge in [-0.1, -0.05) is 23.2 Å². The van der Waals surface area contributed by atoms with Crippen LogP contribution in [0.15, 0.2) is 23.4 Å². The van der Waals surface area contributed by atoms with Gasteiger partial charge in [0.05, 0.1) is 0 Å². The molecule has 0 aromatic carbocycles.